The van der Waals surface area contributed by atoms with E-state index >= 15 is 0 Å². The van der Waals surface area contributed by atoms with Crippen LogP contribution in [0.3, 0.4) is 0 Å². The molecule has 0 aromatic carbocycles. The van der Waals surface area contributed by atoms with E-state index in [1.165, 1.54) is 32.4 Å². The van der Waals surface area contributed by atoms with Crippen molar-refractivity contribution in [3.63, 3.8) is 0 Å². The molecule has 0 amide bonds. The van der Waals surface area contributed by atoms with Crippen LogP contribution in [0.5, 0.6) is 0 Å². The lowest BCUT2D eigenvalue weighted by Crippen LogP contribution is -2.28. The molecule has 1 atom stereocenters. The Morgan fingerprint density at radius 3 is 3.10 bits per heavy atom. The Hall–Kier alpha value is -1.66. The minimum Gasteiger partial charge on any atom is -0.409 e. The first kappa shape index (κ1) is 14.3. The molecule has 1 saturated carbocycles. The lowest BCUT2D eigenvalue weighted by atomic mass is 10.1. The number of amidine groups is 1. The standard InChI is InChI=1S/C15H23N5O/c16-15(19-21)14-12(2-1-6-18-14)9-17-8-11-5-7-20(10-11)13-3-4-13/h1-2,6,11,13,17,21H,3-5,7-10H2,(H2,16,19). The fourth-order valence-corrected chi connectivity index (χ4v) is 3.07. The highest BCUT2D eigenvalue weighted by atomic mass is 16.4. The number of likely N-dealkylation sites (tertiary alicyclic amines) is 1. The van der Waals surface area contributed by atoms with Crippen LogP contribution in [-0.4, -0.2) is 46.6 Å². The van der Waals surface area contributed by atoms with Gasteiger partial charge in [0.25, 0.3) is 0 Å². The first-order valence-electron chi connectivity index (χ1n) is 7.64. The van der Waals surface area contributed by atoms with E-state index in [9.17, 15) is 0 Å². The molecule has 6 heteroatoms. The first-order chi connectivity index (χ1) is 10.3. The number of nitrogens with zero attached hydrogens (tertiary/aromatic N) is 3. The Balaban J connectivity index is 1.49. The summed E-state index contributed by atoms with van der Waals surface area (Å²) >= 11 is 0. The SMILES string of the molecule is NC(=NO)c1ncccc1CNCC1CCN(C2CC2)C1. The molecular formula is C15H23N5O. The van der Waals surface area contributed by atoms with Crippen molar-refractivity contribution < 1.29 is 5.21 Å². The van der Waals surface area contributed by atoms with E-state index in [0.29, 0.717) is 12.2 Å². The molecule has 0 radical (unpaired) electrons. The Morgan fingerprint density at radius 2 is 2.33 bits per heavy atom. The van der Waals surface area contributed by atoms with E-state index < -0.39 is 0 Å². The summed E-state index contributed by atoms with van der Waals surface area (Å²) < 4.78 is 0. The molecule has 3 rings (SSSR count). The first-order valence-corrected chi connectivity index (χ1v) is 7.64. The van der Waals surface area contributed by atoms with Gasteiger partial charge in [0, 0.05) is 25.3 Å². The van der Waals surface area contributed by atoms with Crippen LogP contribution in [0.15, 0.2) is 23.5 Å². The molecular weight excluding hydrogens is 266 g/mol. The Morgan fingerprint density at radius 1 is 1.48 bits per heavy atom. The van der Waals surface area contributed by atoms with Crippen molar-refractivity contribution in [2.24, 2.45) is 16.8 Å². The predicted octanol–water partition coefficient (Wildman–Crippen LogP) is 0.750. The summed E-state index contributed by atoms with van der Waals surface area (Å²) in [5.41, 5.74) is 7.17. The van der Waals surface area contributed by atoms with Gasteiger partial charge in [-0.2, -0.15) is 0 Å². The van der Waals surface area contributed by atoms with Crippen LogP contribution in [-0.2, 0) is 6.54 Å². The summed E-state index contributed by atoms with van der Waals surface area (Å²) in [7, 11) is 0. The Bertz CT molecular complexity index is 515. The van der Waals surface area contributed by atoms with E-state index in [-0.39, 0.29) is 5.84 Å². The molecule has 0 bridgehead atoms. The molecule has 1 aliphatic heterocycles. The highest BCUT2D eigenvalue weighted by Gasteiger charge is 2.33. The van der Waals surface area contributed by atoms with E-state index in [2.05, 4.69) is 20.4 Å². The van der Waals surface area contributed by atoms with Gasteiger partial charge in [-0.1, -0.05) is 11.2 Å². The average molecular weight is 289 g/mol. The van der Waals surface area contributed by atoms with Gasteiger partial charge in [0.2, 0.25) is 0 Å². The molecule has 1 aromatic rings. The fourth-order valence-electron chi connectivity index (χ4n) is 3.07. The zero-order valence-corrected chi connectivity index (χ0v) is 12.2. The maximum absolute atomic E-state index is 8.79. The van der Waals surface area contributed by atoms with Crippen molar-refractivity contribution in [1.82, 2.24) is 15.2 Å². The number of oxime groups is 1. The number of nitrogens with one attached hydrogen (secondary N) is 1. The summed E-state index contributed by atoms with van der Waals surface area (Å²) in [6, 6.07) is 4.70. The van der Waals surface area contributed by atoms with Gasteiger partial charge in [-0.05, 0) is 49.9 Å². The monoisotopic (exact) mass is 289 g/mol. The number of hydrogen-bond donors (Lipinski definition) is 3. The topological polar surface area (TPSA) is 86.8 Å². The third-order valence-corrected chi connectivity index (χ3v) is 4.37. The smallest absolute Gasteiger partial charge is 0.189 e. The van der Waals surface area contributed by atoms with Crippen LogP contribution < -0.4 is 11.1 Å². The van der Waals surface area contributed by atoms with Crippen LogP contribution in [0, 0.1) is 5.92 Å². The van der Waals surface area contributed by atoms with Gasteiger partial charge in [0.05, 0.1) is 0 Å². The van der Waals surface area contributed by atoms with Crippen molar-refractivity contribution in [3.8, 4) is 0 Å². The van der Waals surface area contributed by atoms with E-state index in [1.54, 1.807) is 6.20 Å². The molecule has 6 nitrogen and oxygen atoms in total. The second kappa shape index (κ2) is 6.41. The minimum atomic E-state index is 0.0631. The molecule has 2 aliphatic rings. The molecule has 1 aromatic heterocycles. The molecule has 1 saturated heterocycles. The number of hydrogen-bond acceptors (Lipinski definition) is 5. The van der Waals surface area contributed by atoms with Crippen LogP contribution in [0.2, 0.25) is 0 Å². The quantitative estimate of drug-likeness (QED) is 0.311. The van der Waals surface area contributed by atoms with Gasteiger partial charge in [-0.25, -0.2) is 0 Å². The van der Waals surface area contributed by atoms with Crippen LogP contribution in [0.1, 0.15) is 30.5 Å². The van der Waals surface area contributed by atoms with Gasteiger partial charge in [-0.3, -0.25) is 4.98 Å². The van der Waals surface area contributed by atoms with Crippen LogP contribution in [0.25, 0.3) is 0 Å². The van der Waals surface area contributed by atoms with Crippen molar-refractivity contribution in [3.05, 3.63) is 29.6 Å². The molecule has 114 valence electrons. The maximum Gasteiger partial charge on any atom is 0.189 e. The minimum absolute atomic E-state index is 0.0631. The lowest BCUT2D eigenvalue weighted by Gasteiger charge is -2.15. The van der Waals surface area contributed by atoms with Gasteiger partial charge in [0.15, 0.2) is 5.84 Å². The lowest BCUT2D eigenvalue weighted by molar-refractivity contribution is 0.312. The van der Waals surface area contributed by atoms with Crippen molar-refractivity contribution in [2.45, 2.75) is 31.8 Å². The zero-order valence-electron chi connectivity index (χ0n) is 12.2. The van der Waals surface area contributed by atoms with E-state index in [0.717, 1.165) is 24.1 Å². The average Bonchev–Trinajstić information content (AvgIpc) is 3.27. The van der Waals surface area contributed by atoms with E-state index in [1.807, 2.05) is 12.1 Å². The normalized spacial score (nSPS) is 23.6. The number of rotatable bonds is 6. The zero-order chi connectivity index (χ0) is 14.7. The number of aromatic nitrogens is 1. The summed E-state index contributed by atoms with van der Waals surface area (Å²) in [6.45, 7) is 4.17. The second-order valence-electron chi connectivity index (χ2n) is 6.01. The Labute approximate surface area is 125 Å². The summed E-state index contributed by atoms with van der Waals surface area (Å²) in [5.74, 6) is 0.794. The van der Waals surface area contributed by atoms with Crippen molar-refractivity contribution >= 4 is 5.84 Å². The number of nitrogens with two attached hydrogens (primary N) is 1. The number of pyridine rings is 1. The van der Waals surface area contributed by atoms with Crippen molar-refractivity contribution in [2.75, 3.05) is 19.6 Å². The highest BCUT2D eigenvalue weighted by molar-refractivity contribution is 5.96. The molecule has 4 N–H and O–H groups in total. The second-order valence-corrected chi connectivity index (χ2v) is 6.01. The third kappa shape index (κ3) is 3.51. The summed E-state index contributed by atoms with van der Waals surface area (Å²) in [4.78, 5) is 6.80. The molecule has 1 aliphatic carbocycles. The molecule has 1 unspecified atom stereocenters. The largest absolute Gasteiger partial charge is 0.409 e. The van der Waals surface area contributed by atoms with Crippen LogP contribution in [0.4, 0.5) is 0 Å². The molecule has 2 fully saturated rings. The maximum atomic E-state index is 8.79. The molecule has 21 heavy (non-hydrogen) atoms. The van der Waals surface area contributed by atoms with Gasteiger partial charge < -0.3 is 21.2 Å². The molecule has 0 spiro atoms. The van der Waals surface area contributed by atoms with Gasteiger partial charge in [0.1, 0.15) is 5.69 Å². The predicted molar refractivity (Wildman–Crippen MR) is 81.2 cm³/mol. The molecule has 2 heterocycles. The van der Waals surface area contributed by atoms with Crippen LogP contribution >= 0.6 is 0 Å². The third-order valence-electron chi connectivity index (χ3n) is 4.37. The Kier molecular flexibility index (Phi) is 4.36. The summed E-state index contributed by atoms with van der Waals surface area (Å²) in [6.07, 6.45) is 5.71. The van der Waals surface area contributed by atoms with Crippen molar-refractivity contribution in [1.29, 1.82) is 0 Å². The van der Waals surface area contributed by atoms with E-state index in [4.69, 9.17) is 10.9 Å². The summed E-state index contributed by atoms with van der Waals surface area (Å²) in [5, 5.41) is 15.3. The van der Waals surface area contributed by atoms with Gasteiger partial charge >= 0.3 is 0 Å². The highest BCUT2D eigenvalue weighted by Crippen LogP contribution is 2.31. The fraction of sp³-hybridized carbons (Fsp3) is 0.600. The van der Waals surface area contributed by atoms with Gasteiger partial charge in [-0.15, -0.1) is 0 Å².